The van der Waals surface area contributed by atoms with E-state index in [1.54, 1.807) is 33.5 Å². The van der Waals surface area contributed by atoms with Gasteiger partial charge >= 0.3 is 0 Å². The van der Waals surface area contributed by atoms with Crippen LogP contribution < -0.4 is 18.9 Å². The standard InChI is InChI=1S/C27H33N5O6/c1-31(15-20-8-19-11-24(37-4)25(14-21(19)20)38-16-29-30-28)6-5-7-32-26(33)12-17-9-22(35-2)23(36-3)10-18(17)13-27(32)34/h9-11,14,20H,5-8,12-13,15-16H2,1-4H3/t20-/m1/s1. The summed E-state index contributed by atoms with van der Waals surface area (Å²) >= 11 is 0. The van der Waals surface area contributed by atoms with E-state index in [9.17, 15) is 9.59 Å². The number of imide groups is 1. The minimum absolute atomic E-state index is 0.101. The third-order valence-corrected chi connectivity index (χ3v) is 7.12. The van der Waals surface area contributed by atoms with Gasteiger partial charge in [0.25, 0.3) is 0 Å². The molecule has 0 spiro atoms. The van der Waals surface area contributed by atoms with Gasteiger partial charge in [-0.25, -0.2) is 0 Å². The second-order valence-electron chi connectivity index (χ2n) is 9.49. The molecule has 0 saturated heterocycles. The monoisotopic (exact) mass is 523 g/mol. The number of carbonyl (C=O) groups is 2. The number of ether oxygens (including phenoxy) is 4. The van der Waals surface area contributed by atoms with Gasteiger partial charge in [0.1, 0.15) is 0 Å². The molecular weight excluding hydrogens is 490 g/mol. The summed E-state index contributed by atoms with van der Waals surface area (Å²) in [7, 11) is 6.72. The van der Waals surface area contributed by atoms with Crippen LogP contribution in [0.4, 0.5) is 0 Å². The molecule has 0 fully saturated rings. The largest absolute Gasteiger partial charge is 0.493 e. The number of azide groups is 1. The number of benzene rings is 2. The average Bonchev–Trinajstić information content (AvgIpc) is 3.01. The fourth-order valence-electron chi connectivity index (χ4n) is 5.14. The third kappa shape index (κ3) is 5.79. The summed E-state index contributed by atoms with van der Waals surface area (Å²) in [6.07, 6.45) is 1.92. The maximum Gasteiger partial charge on any atom is 0.233 e. The lowest BCUT2D eigenvalue weighted by Gasteiger charge is -2.34. The lowest BCUT2D eigenvalue weighted by molar-refractivity contribution is -0.143. The Bertz CT molecular complexity index is 1210. The van der Waals surface area contributed by atoms with Crippen LogP contribution in [-0.2, 0) is 28.9 Å². The molecule has 2 aliphatic rings. The summed E-state index contributed by atoms with van der Waals surface area (Å²) < 4.78 is 21.7. The van der Waals surface area contributed by atoms with Gasteiger partial charge in [-0.2, -0.15) is 0 Å². The van der Waals surface area contributed by atoms with Crippen LogP contribution in [0.25, 0.3) is 10.4 Å². The summed E-state index contributed by atoms with van der Waals surface area (Å²) in [5, 5.41) is 3.43. The molecule has 0 N–H and O–H groups in total. The molecule has 38 heavy (non-hydrogen) atoms. The van der Waals surface area contributed by atoms with E-state index in [1.165, 1.54) is 16.0 Å². The van der Waals surface area contributed by atoms with Crippen LogP contribution in [0.1, 0.15) is 34.6 Å². The SMILES string of the molecule is COc1cc2c(cc1OC)CC(=O)N(CCCN(C)C[C@H]1Cc3cc(OC)c(OCN=[N+]=[N-])cc31)C(=O)C2. The first-order valence-corrected chi connectivity index (χ1v) is 12.5. The number of nitrogens with zero attached hydrogens (tertiary/aromatic N) is 5. The zero-order valence-corrected chi connectivity index (χ0v) is 22.2. The molecular formula is C27H33N5O6. The Morgan fingerprint density at radius 1 is 0.947 bits per heavy atom. The predicted octanol–water partition coefficient (Wildman–Crippen LogP) is 3.47. The molecule has 0 saturated carbocycles. The molecule has 202 valence electrons. The molecule has 2 amide bonds. The van der Waals surface area contributed by atoms with Gasteiger partial charge in [0.15, 0.2) is 29.7 Å². The summed E-state index contributed by atoms with van der Waals surface area (Å²) in [5.74, 6) is 2.22. The van der Waals surface area contributed by atoms with Crippen molar-refractivity contribution in [2.45, 2.75) is 31.6 Å². The van der Waals surface area contributed by atoms with Crippen LogP contribution in [0, 0.1) is 0 Å². The number of methoxy groups -OCH3 is 3. The van der Waals surface area contributed by atoms with Gasteiger partial charge in [-0.1, -0.05) is 5.11 Å². The van der Waals surface area contributed by atoms with Crippen molar-refractivity contribution in [3.63, 3.8) is 0 Å². The minimum Gasteiger partial charge on any atom is -0.493 e. The molecule has 2 aromatic carbocycles. The van der Waals surface area contributed by atoms with Crippen LogP contribution >= 0.6 is 0 Å². The number of fused-ring (bicyclic) bond motifs is 2. The van der Waals surface area contributed by atoms with Crippen LogP contribution in [0.5, 0.6) is 23.0 Å². The molecule has 1 atom stereocenters. The predicted molar refractivity (Wildman–Crippen MR) is 140 cm³/mol. The molecule has 11 heteroatoms. The molecule has 0 unspecified atom stereocenters. The van der Waals surface area contributed by atoms with Gasteiger partial charge in [0.05, 0.1) is 34.2 Å². The molecule has 11 nitrogen and oxygen atoms in total. The van der Waals surface area contributed by atoms with Crippen LogP contribution in [0.2, 0.25) is 0 Å². The number of rotatable bonds is 12. The maximum atomic E-state index is 12.9. The minimum atomic E-state index is -0.196. The van der Waals surface area contributed by atoms with E-state index in [0.717, 1.165) is 30.6 Å². The van der Waals surface area contributed by atoms with E-state index >= 15 is 0 Å². The van der Waals surface area contributed by atoms with Crippen molar-refractivity contribution in [3.8, 4) is 23.0 Å². The molecule has 1 aliphatic heterocycles. The van der Waals surface area contributed by atoms with E-state index < -0.39 is 0 Å². The zero-order chi connectivity index (χ0) is 27.2. The quantitative estimate of drug-likeness (QED) is 0.180. The maximum absolute atomic E-state index is 12.9. The molecule has 1 aliphatic carbocycles. The Labute approximate surface area is 221 Å². The highest BCUT2D eigenvalue weighted by Crippen LogP contribution is 2.42. The first-order chi connectivity index (χ1) is 18.4. The van der Waals surface area contributed by atoms with E-state index in [-0.39, 0.29) is 31.4 Å². The van der Waals surface area contributed by atoms with E-state index in [1.807, 2.05) is 19.2 Å². The van der Waals surface area contributed by atoms with Gasteiger partial charge in [0.2, 0.25) is 11.8 Å². The third-order valence-electron chi connectivity index (χ3n) is 7.12. The highest BCUT2D eigenvalue weighted by molar-refractivity contribution is 5.99. The second-order valence-corrected chi connectivity index (χ2v) is 9.49. The van der Waals surface area contributed by atoms with Gasteiger partial charge < -0.3 is 23.8 Å². The molecule has 0 bridgehead atoms. The van der Waals surface area contributed by atoms with Crippen molar-refractivity contribution >= 4 is 11.8 Å². The lowest BCUT2D eigenvalue weighted by atomic mass is 9.77. The Hall–Kier alpha value is -3.95. The summed E-state index contributed by atoms with van der Waals surface area (Å²) in [6.45, 7) is 1.85. The molecule has 1 heterocycles. The molecule has 4 rings (SSSR count). The summed E-state index contributed by atoms with van der Waals surface area (Å²) in [5.41, 5.74) is 12.5. The Morgan fingerprint density at radius 2 is 1.53 bits per heavy atom. The van der Waals surface area contributed by atoms with Crippen LogP contribution in [-0.4, -0.2) is 76.4 Å². The summed E-state index contributed by atoms with van der Waals surface area (Å²) in [4.78, 5) is 32.2. The first kappa shape index (κ1) is 27.1. The normalized spacial score (nSPS) is 16.1. The topological polar surface area (TPSA) is 126 Å². The number of likely N-dealkylation sites (N-methyl/N-ethyl adjacent to an activating group) is 1. The first-order valence-electron chi connectivity index (χ1n) is 12.5. The highest BCUT2D eigenvalue weighted by Gasteiger charge is 2.31. The van der Waals surface area contributed by atoms with Crippen LogP contribution in [0.3, 0.4) is 0 Å². The molecule has 2 aromatic rings. The lowest BCUT2D eigenvalue weighted by Crippen LogP contribution is -2.39. The number of amides is 2. The average molecular weight is 524 g/mol. The molecule has 0 aromatic heterocycles. The Balaban J connectivity index is 1.32. The van der Waals surface area contributed by atoms with E-state index in [0.29, 0.717) is 41.9 Å². The van der Waals surface area contributed by atoms with Gasteiger partial charge in [-0.05, 0) is 78.5 Å². The van der Waals surface area contributed by atoms with Gasteiger partial charge in [0, 0.05) is 23.9 Å². The number of hydrogen-bond acceptors (Lipinski definition) is 8. The van der Waals surface area contributed by atoms with E-state index in [4.69, 9.17) is 24.5 Å². The van der Waals surface area contributed by atoms with Crippen LogP contribution in [0.15, 0.2) is 29.4 Å². The molecule has 0 radical (unpaired) electrons. The zero-order valence-electron chi connectivity index (χ0n) is 22.2. The number of hydrogen-bond donors (Lipinski definition) is 0. The number of carbonyl (C=O) groups excluding carboxylic acids is 2. The second kappa shape index (κ2) is 12.1. The fourth-order valence-corrected chi connectivity index (χ4v) is 5.14. The van der Waals surface area contributed by atoms with Crippen molar-refractivity contribution in [1.29, 1.82) is 0 Å². The van der Waals surface area contributed by atoms with Gasteiger partial charge in [-0.3, -0.25) is 14.5 Å². The van der Waals surface area contributed by atoms with Crippen molar-refractivity contribution in [2.24, 2.45) is 5.11 Å². The van der Waals surface area contributed by atoms with Crippen molar-refractivity contribution in [3.05, 3.63) is 57.0 Å². The smallest absolute Gasteiger partial charge is 0.233 e. The Kier molecular flexibility index (Phi) is 8.60. The van der Waals surface area contributed by atoms with Gasteiger partial charge in [-0.15, -0.1) is 0 Å². The van der Waals surface area contributed by atoms with Crippen molar-refractivity contribution in [1.82, 2.24) is 9.80 Å². The highest BCUT2D eigenvalue weighted by atomic mass is 16.5. The van der Waals surface area contributed by atoms with Crippen molar-refractivity contribution < 1.29 is 28.5 Å². The Morgan fingerprint density at radius 3 is 2.11 bits per heavy atom. The van der Waals surface area contributed by atoms with E-state index in [2.05, 4.69) is 14.9 Å². The fraction of sp³-hybridized carbons (Fsp3) is 0.481. The summed E-state index contributed by atoms with van der Waals surface area (Å²) in [6, 6.07) is 7.50. The van der Waals surface area contributed by atoms with Crippen molar-refractivity contribution in [2.75, 3.05) is 54.7 Å².